The molecule has 6 nitrogen and oxygen atoms in total. The fourth-order valence-corrected chi connectivity index (χ4v) is 2.41. The Morgan fingerprint density at radius 2 is 1.80 bits per heavy atom. The number of urea groups is 1. The fraction of sp³-hybridized carbons (Fsp3) is 0.105. The normalized spacial score (nSPS) is 11.6. The van der Waals surface area contributed by atoms with Crippen LogP contribution in [0.15, 0.2) is 73.2 Å². The Balaban J connectivity index is 1.63. The molecule has 126 valence electrons. The second-order valence-corrected chi connectivity index (χ2v) is 5.41. The topological polar surface area (TPSA) is 87.1 Å². The predicted octanol–water partition coefficient (Wildman–Crippen LogP) is 3.00. The summed E-state index contributed by atoms with van der Waals surface area (Å²) >= 11 is 0. The van der Waals surface area contributed by atoms with Gasteiger partial charge in [-0.05, 0) is 29.8 Å². The van der Waals surface area contributed by atoms with Crippen molar-refractivity contribution in [1.29, 1.82) is 0 Å². The number of benzene rings is 1. The highest BCUT2D eigenvalue weighted by molar-refractivity contribution is 5.89. The van der Waals surface area contributed by atoms with E-state index in [1.54, 1.807) is 24.7 Å². The molecule has 0 bridgehead atoms. The number of hydrogen-bond acceptors (Lipinski definition) is 4. The van der Waals surface area contributed by atoms with Crippen molar-refractivity contribution >= 4 is 11.7 Å². The number of anilines is 1. The molecular weight excluding hydrogens is 316 g/mol. The first-order valence-electron chi connectivity index (χ1n) is 7.86. The number of carbonyl (C=O) groups is 1. The van der Waals surface area contributed by atoms with Gasteiger partial charge >= 0.3 is 6.03 Å². The van der Waals surface area contributed by atoms with Crippen molar-refractivity contribution in [1.82, 2.24) is 15.3 Å². The third kappa shape index (κ3) is 4.39. The minimum absolute atomic E-state index is 0.184. The van der Waals surface area contributed by atoms with Crippen LogP contribution in [0.4, 0.5) is 10.5 Å². The average molecular weight is 334 g/mol. The molecule has 3 aromatic rings. The van der Waals surface area contributed by atoms with Crippen LogP contribution in [-0.4, -0.2) is 27.7 Å². The van der Waals surface area contributed by atoms with Gasteiger partial charge in [-0.15, -0.1) is 0 Å². The van der Waals surface area contributed by atoms with Crippen molar-refractivity contribution in [3.8, 4) is 11.3 Å². The number of amides is 2. The number of aliphatic hydroxyl groups is 1. The smallest absolute Gasteiger partial charge is 0.319 e. The first-order chi connectivity index (χ1) is 12.3. The molecule has 2 amide bonds. The standard InChI is InChI=1S/C19H18N4O2/c24-13-18(14-4-2-1-3-5-14)23-19(25)22-16-6-7-17(21-12-16)15-8-10-20-11-9-15/h1-12,18,24H,13H2,(H2,22,23,25)/t18-/m1/s1. The van der Waals surface area contributed by atoms with E-state index in [4.69, 9.17) is 0 Å². The number of aliphatic hydroxyl groups excluding tert-OH is 1. The van der Waals surface area contributed by atoms with Gasteiger partial charge in [0.25, 0.3) is 0 Å². The Kier molecular flexibility index (Phi) is 5.33. The van der Waals surface area contributed by atoms with Gasteiger partial charge in [0.2, 0.25) is 0 Å². The molecule has 25 heavy (non-hydrogen) atoms. The average Bonchev–Trinajstić information content (AvgIpc) is 2.68. The maximum atomic E-state index is 12.1. The number of aromatic nitrogens is 2. The van der Waals surface area contributed by atoms with E-state index in [1.807, 2.05) is 48.5 Å². The first-order valence-corrected chi connectivity index (χ1v) is 7.86. The van der Waals surface area contributed by atoms with Crippen molar-refractivity contribution in [2.24, 2.45) is 0 Å². The molecule has 0 radical (unpaired) electrons. The summed E-state index contributed by atoms with van der Waals surface area (Å²) in [4.78, 5) is 20.5. The third-order valence-corrected chi connectivity index (χ3v) is 3.69. The Hall–Kier alpha value is -3.25. The van der Waals surface area contributed by atoms with Gasteiger partial charge in [-0.25, -0.2) is 4.79 Å². The van der Waals surface area contributed by atoms with E-state index in [2.05, 4.69) is 20.6 Å². The largest absolute Gasteiger partial charge is 0.394 e. The van der Waals surface area contributed by atoms with E-state index >= 15 is 0 Å². The van der Waals surface area contributed by atoms with Gasteiger partial charge in [0.15, 0.2) is 0 Å². The second-order valence-electron chi connectivity index (χ2n) is 5.41. The summed E-state index contributed by atoms with van der Waals surface area (Å²) in [5, 5.41) is 15.0. The molecule has 0 saturated carbocycles. The van der Waals surface area contributed by atoms with Gasteiger partial charge in [-0.1, -0.05) is 30.3 Å². The van der Waals surface area contributed by atoms with Crippen LogP contribution in [-0.2, 0) is 0 Å². The molecule has 0 aliphatic heterocycles. The summed E-state index contributed by atoms with van der Waals surface area (Å²) in [5.74, 6) is 0. The SMILES string of the molecule is O=C(Nc1ccc(-c2ccncc2)nc1)N[C@H](CO)c1ccccc1. The Morgan fingerprint density at radius 3 is 2.44 bits per heavy atom. The number of nitrogens with zero attached hydrogens (tertiary/aromatic N) is 2. The van der Waals surface area contributed by atoms with Crippen molar-refractivity contribution in [3.63, 3.8) is 0 Å². The minimum atomic E-state index is -0.467. The first kappa shape index (κ1) is 16.6. The summed E-state index contributed by atoms with van der Waals surface area (Å²) in [6, 6.07) is 15.8. The molecule has 0 fully saturated rings. The van der Waals surface area contributed by atoms with Crippen LogP contribution in [0.5, 0.6) is 0 Å². The number of hydrogen-bond donors (Lipinski definition) is 3. The minimum Gasteiger partial charge on any atom is -0.394 e. The lowest BCUT2D eigenvalue weighted by Gasteiger charge is -2.17. The third-order valence-electron chi connectivity index (χ3n) is 3.69. The quantitative estimate of drug-likeness (QED) is 0.669. The fourth-order valence-electron chi connectivity index (χ4n) is 2.41. The summed E-state index contributed by atoms with van der Waals surface area (Å²) in [7, 11) is 0. The lowest BCUT2D eigenvalue weighted by atomic mass is 10.1. The van der Waals surface area contributed by atoms with Crippen molar-refractivity contribution < 1.29 is 9.90 Å². The lowest BCUT2D eigenvalue weighted by Crippen LogP contribution is -2.34. The molecule has 1 atom stereocenters. The van der Waals surface area contributed by atoms with Gasteiger partial charge in [-0.3, -0.25) is 9.97 Å². The molecule has 1 aromatic carbocycles. The zero-order valence-corrected chi connectivity index (χ0v) is 13.5. The molecule has 2 heterocycles. The van der Waals surface area contributed by atoms with Crippen LogP contribution >= 0.6 is 0 Å². The highest BCUT2D eigenvalue weighted by Gasteiger charge is 2.13. The zero-order chi connectivity index (χ0) is 17.5. The highest BCUT2D eigenvalue weighted by atomic mass is 16.3. The van der Waals surface area contributed by atoms with Crippen molar-refractivity contribution in [2.45, 2.75) is 6.04 Å². The van der Waals surface area contributed by atoms with Crippen LogP contribution in [0.25, 0.3) is 11.3 Å². The molecule has 0 aliphatic carbocycles. The van der Waals surface area contributed by atoms with Gasteiger partial charge < -0.3 is 15.7 Å². The van der Waals surface area contributed by atoms with Gasteiger partial charge in [0, 0.05) is 18.0 Å². The van der Waals surface area contributed by atoms with E-state index in [9.17, 15) is 9.90 Å². The van der Waals surface area contributed by atoms with Crippen LogP contribution in [0.1, 0.15) is 11.6 Å². The Morgan fingerprint density at radius 1 is 1.04 bits per heavy atom. The highest BCUT2D eigenvalue weighted by Crippen LogP contribution is 2.17. The maximum absolute atomic E-state index is 12.1. The number of pyridine rings is 2. The number of carbonyl (C=O) groups excluding carboxylic acids is 1. The predicted molar refractivity (Wildman–Crippen MR) is 95.9 cm³/mol. The number of rotatable bonds is 5. The van der Waals surface area contributed by atoms with E-state index in [0.717, 1.165) is 16.8 Å². The zero-order valence-electron chi connectivity index (χ0n) is 13.5. The van der Waals surface area contributed by atoms with Crippen LogP contribution in [0.3, 0.4) is 0 Å². The van der Waals surface area contributed by atoms with Gasteiger partial charge in [0.1, 0.15) is 0 Å². The van der Waals surface area contributed by atoms with Gasteiger partial charge in [-0.2, -0.15) is 0 Å². The molecule has 0 saturated heterocycles. The monoisotopic (exact) mass is 334 g/mol. The molecule has 0 unspecified atom stereocenters. The summed E-state index contributed by atoms with van der Waals surface area (Å²) in [5.41, 5.74) is 3.16. The maximum Gasteiger partial charge on any atom is 0.319 e. The molecular formula is C19H18N4O2. The molecule has 0 aliphatic rings. The lowest BCUT2D eigenvalue weighted by molar-refractivity contribution is 0.225. The Labute approximate surface area is 145 Å². The van der Waals surface area contributed by atoms with E-state index in [0.29, 0.717) is 5.69 Å². The van der Waals surface area contributed by atoms with Crippen LogP contribution in [0, 0.1) is 0 Å². The van der Waals surface area contributed by atoms with Crippen LogP contribution < -0.4 is 10.6 Å². The molecule has 2 aromatic heterocycles. The van der Waals surface area contributed by atoms with E-state index in [-0.39, 0.29) is 6.61 Å². The van der Waals surface area contributed by atoms with Crippen molar-refractivity contribution in [2.75, 3.05) is 11.9 Å². The molecule has 3 N–H and O–H groups in total. The molecule has 6 heteroatoms. The van der Waals surface area contributed by atoms with Gasteiger partial charge in [0.05, 0.1) is 30.2 Å². The molecule has 0 spiro atoms. The Bertz CT molecular complexity index is 808. The van der Waals surface area contributed by atoms with E-state index in [1.165, 1.54) is 0 Å². The summed E-state index contributed by atoms with van der Waals surface area (Å²) < 4.78 is 0. The second kappa shape index (κ2) is 8.03. The number of nitrogens with one attached hydrogen (secondary N) is 2. The van der Waals surface area contributed by atoms with Crippen molar-refractivity contribution in [3.05, 3.63) is 78.8 Å². The summed E-state index contributed by atoms with van der Waals surface area (Å²) in [6.07, 6.45) is 5.00. The van der Waals surface area contributed by atoms with Crippen LogP contribution in [0.2, 0.25) is 0 Å². The molecule has 3 rings (SSSR count). The van der Waals surface area contributed by atoms with E-state index < -0.39 is 12.1 Å². The summed E-state index contributed by atoms with van der Waals surface area (Å²) in [6.45, 7) is -0.184.